The molecule has 10 nitrogen and oxygen atoms in total. The number of benzene rings is 3. The minimum atomic E-state index is -1.04. The minimum Gasteiger partial charge on any atom is -0.487 e. The molecule has 3 N–H and O–H groups in total. The number of aromatic carboxylic acids is 1. The quantitative estimate of drug-likeness (QED) is 0.186. The molecule has 0 saturated carbocycles. The van der Waals surface area contributed by atoms with E-state index < -0.39 is 11.8 Å². The number of carboxylic acids is 1. The van der Waals surface area contributed by atoms with E-state index in [0.717, 1.165) is 18.5 Å². The Bertz CT molecular complexity index is 1400. The molecule has 0 radical (unpaired) electrons. The summed E-state index contributed by atoms with van der Waals surface area (Å²) in [7, 11) is 0. The molecule has 1 aliphatic rings. The highest BCUT2D eigenvalue weighted by Crippen LogP contribution is 2.39. The summed E-state index contributed by atoms with van der Waals surface area (Å²) in [6.45, 7) is 7.62. The monoisotopic (exact) mass is 610 g/mol. The lowest BCUT2D eigenvalue weighted by molar-refractivity contribution is -0.119. The van der Waals surface area contributed by atoms with Gasteiger partial charge in [-0.2, -0.15) is 0 Å². The van der Waals surface area contributed by atoms with E-state index in [0.29, 0.717) is 74.6 Å². The van der Waals surface area contributed by atoms with Crippen molar-refractivity contribution in [1.82, 2.24) is 10.6 Å². The number of carbonyl (C=O) groups excluding carboxylic acids is 1. The van der Waals surface area contributed by atoms with Crippen LogP contribution in [0.15, 0.2) is 54.6 Å². The van der Waals surface area contributed by atoms with Gasteiger partial charge in [-0.1, -0.05) is 12.1 Å². The Labute approximate surface area is 256 Å². The molecule has 1 heterocycles. The predicted molar refractivity (Wildman–Crippen MR) is 162 cm³/mol. The van der Waals surface area contributed by atoms with Gasteiger partial charge in [0.2, 0.25) is 5.91 Å². The molecule has 0 fully saturated rings. The normalized spacial score (nSPS) is 14.1. The van der Waals surface area contributed by atoms with E-state index in [4.69, 9.17) is 28.8 Å². The van der Waals surface area contributed by atoms with Crippen molar-refractivity contribution in [3.8, 4) is 28.4 Å². The molecule has 1 amide bonds. The van der Waals surface area contributed by atoms with Gasteiger partial charge in [-0.15, -0.1) is 0 Å². The zero-order chi connectivity index (χ0) is 31.3. The lowest BCUT2D eigenvalue weighted by Crippen LogP contribution is -2.27. The molecular weight excluding hydrogens is 571 g/mol. The summed E-state index contributed by atoms with van der Waals surface area (Å²) in [5.41, 5.74) is 3.30. The van der Waals surface area contributed by atoms with Crippen LogP contribution in [0.1, 0.15) is 41.4 Å². The average molecular weight is 611 g/mol. The maximum absolute atomic E-state index is 15.1. The Morgan fingerprint density at radius 1 is 0.909 bits per heavy atom. The van der Waals surface area contributed by atoms with Gasteiger partial charge in [0, 0.05) is 31.1 Å². The van der Waals surface area contributed by atoms with Crippen molar-refractivity contribution in [3.05, 3.63) is 77.1 Å². The molecule has 44 heavy (non-hydrogen) atoms. The van der Waals surface area contributed by atoms with Gasteiger partial charge in [-0.05, 0) is 73.0 Å². The lowest BCUT2D eigenvalue weighted by Gasteiger charge is -2.26. The van der Waals surface area contributed by atoms with Gasteiger partial charge < -0.3 is 39.4 Å². The van der Waals surface area contributed by atoms with Crippen LogP contribution in [0.5, 0.6) is 17.2 Å². The number of carboxylic acid groups (broad SMARTS) is 1. The molecule has 0 bridgehead atoms. The first-order valence-electron chi connectivity index (χ1n) is 14.6. The zero-order valence-electron chi connectivity index (χ0n) is 25.0. The molecule has 3 aromatic rings. The van der Waals surface area contributed by atoms with Crippen LogP contribution in [0.25, 0.3) is 11.1 Å². The molecule has 4 rings (SSSR count). The fourth-order valence-electron chi connectivity index (χ4n) is 4.73. The first kappa shape index (κ1) is 32.9. The molecule has 11 heteroatoms. The third-order valence-corrected chi connectivity index (χ3v) is 6.98. The van der Waals surface area contributed by atoms with Crippen molar-refractivity contribution in [2.45, 2.75) is 26.3 Å². The minimum absolute atomic E-state index is 0.0845. The van der Waals surface area contributed by atoms with Gasteiger partial charge in [0.15, 0.2) is 11.5 Å². The summed E-state index contributed by atoms with van der Waals surface area (Å²) in [6.07, 6.45) is 0.852. The molecule has 0 spiro atoms. The summed E-state index contributed by atoms with van der Waals surface area (Å²) in [5.74, 6) is -0.292. The molecule has 3 aromatic carbocycles. The second-order valence-corrected chi connectivity index (χ2v) is 10.2. The largest absolute Gasteiger partial charge is 0.487 e. The molecule has 0 aromatic heterocycles. The van der Waals surface area contributed by atoms with Crippen LogP contribution in [-0.2, 0) is 25.4 Å². The zero-order valence-corrected chi connectivity index (χ0v) is 25.0. The fraction of sp³-hybridized carbons (Fsp3) is 0.394. The van der Waals surface area contributed by atoms with E-state index in [9.17, 15) is 9.59 Å². The van der Waals surface area contributed by atoms with Crippen LogP contribution < -0.4 is 20.1 Å². The van der Waals surface area contributed by atoms with Crippen LogP contribution >= 0.6 is 0 Å². The Morgan fingerprint density at radius 3 is 2.25 bits per heavy atom. The Morgan fingerprint density at radius 2 is 1.59 bits per heavy atom. The Balaban J connectivity index is 1.30. The lowest BCUT2D eigenvalue weighted by atomic mass is 9.94. The predicted octanol–water partition coefficient (Wildman–Crippen LogP) is 4.75. The summed E-state index contributed by atoms with van der Waals surface area (Å²) < 4.78 is 43.8. The SMILES string of the molecule is CC(=O)NCCOCCOCCOCCOc1cc2c(cc1Oc1ccc(-c3ccc(C(=O)O)cc3)c(F)c1)[C@H](C)NCC2. The Hall–Kier alpha value is -4.03. The number of carbonyl (C=O) groups is 2. The third kappa shape index (κ3) is 9.75. The average Bonchev–Trinajstić information content (AvgIpc) is 3.00. The van der Waals surface area contributed by atoms with Crippen molar-refractivity contribution < 1.29 is 42.8 Å². The van der Waals surface area contributed by atoms with Crippen LogP contribution in [0.3, 0.4) is 0 Å². The molecule has 0 saturated heterocycles. The summed E-state index contributed by atoms with van der Waals surface area (Å²) >= 11 is 0. The second-order valence-electron chi connectivity index (χ2n) is 10.2. The number of nitrogens with one attached hydrogen (secondary N) is 2. The number of amides is 1. The highest BCUT2D eigenvalue weighted by molar-refractivity contribution is 5.88. The number of fused-ring (bicyclic) bond motifs is 1. The van der Waals surface area contributed by atoms with E-state index in [-0.39, 0.29) is 24.1 Å². The maximum Gasteiger partial charge on any atom is 0.335 e. The third-order valence-electron chi connectivity index (χ3n) is 6.98. The van der Waals surface area contributed by atoms with Crippen molar-refractivity contribution in [1.29, 1.82) is 0 Å². The van der Waals surface area contributed by atoms with E-state index in [1.807, 2.05) is 12.1 Å². The number of ether oxygens (including phenoxy) is 5. The van der Waals surface area contributed by atoms with Crippen LogP contribution in [0.4, 0.5) is 4.39 Å². The van der Waals surface area contributed by atoms with Crippen molar-refractivity contribution in [2.24, 2.45) is 0 Å². The van der Waals surface area contributed by atoms with Gasteiger partial charge in [0.25, 0.3) is 0 Å². The molecule has 1 aliphatic heterocycles. The molecule has 0 aliphatic carbocycles. The van der Waals surface area contributed by atoms with Gasteiger partial charge in [0.05, 0.1) is 45.2 Å². The fourth-order valence-corrected chi connectivity index (χ4v) is 4.73. The highest BCUT2D eigenvalue weighted by Gasteiger charge is 2.21. The summed E-state index contributed by atoms with van der Waals surface area (Å²) in [4.78, 5) is 21.9. The Kier molecular flexibility index (Phi) is 12.5. The van der Waals surface area contributed by atoms with Crippen molar-refractivity contribution in [2.75, 3.05) is 59.3 Å². The number of hydrogen-bond acceptors (Lipinski definition) is 8. The molecule has 236 valence electrons. The van der Waals surface area contributed by atoms with Crippen LogP contribution in [0, 0.1) is 5.82 Å². The molecule has 1 atom stereocenters. The van der Waals surface area contributed by atoms with Crippen LogP contribution in [-0.4, -0.2) is 76.3 Å². The second kappa shape index (κ2) is 16.7. The summed E-state index contributed by atoms with van der Waals surface area (Å²) in [6, 6.07) is 14.7. The van der Waals surface area contributed by atoms with E-state index in [1.165, 1.54) is 30.7 Å². The number of rotatable bonds is 17. The number of halogens is 1. The van der Waals surface area contributed by atoms with Crippen molar-refractivity contribution >= 4 is 11.9 Å². The topological polar surface area (TPSA) is 125 Å². The molecule has 0 unspecified atom stereocenters. The van der Waals surface area contributed by atoms with Gasteiger partial charge >= 0.3 is 5.97 Å². The van der Waals surface area contributed by atoms with Crippen LogP contribution in [0.2, 0.25) is 0 Å². The molecular formula is C33H39FN2O8. The summed E-state index contributed by atoms with van der Waals surface area (Å²) in [5, 5.41) is 15.2. The first-order chi connectivity index (χ1) is 21.3. The van der Waals surface area contributed by atoms with Gasteiger partial charge in [-0.25, -0.2) is 9.18 Å². The number of hydrogen-bond donors (Lipinski definition) is 3. The smallest absolute Gasteiger partial charge is 0.335 e. The van der Waals surface area contributed by atoms with E-state index >= 15 is 4.39 Å². The van der Waals surface area contributed by atoms with Gasteiger partial charge in [0.1, 0.15) is 18.2 Å². The first-order valence-corrected chi connectivity index (χ1v) is 14.6. The van der Waals surface area contributed by atoms with E-state index in [1.54, 1.807) is 24.3 Å². The van der Waals surface area contributed by atoms with Gasteiger partial charge in [-0.3, -0.25) is 4.79 Å². The highest BCUT2D eigenvalue weighted by atomic mass is 19.1. The maximum atomic E-state index is 15.1. The van der Waals surface area contributed by atoms with E-state index in [2.05, 4.69) is 17.6 Å². The standard InChI is InChI=1S/C33H39FN2O8/c1-22-29-21-32(44-27-7-8-28(30(34)20-27)24-3-5-25(6-4-24)33(38)39)31(19-26(29)9-10-35-22)43-18-17-42-16-15-41-14-13-40-12-11-36-23(2)37/h3-8,19-22,35H,9-18H2,1-2H3,(H,36,37)(H,38,39)/t22-/m0/s1. The van der Waals surface area contributed by atoms with Crippen molar-refractivity contribution in [3.63, 3.8) is 0 Å².